The van der Waals surface area contributed by atoms with E-state index in [9.17, 15) is 0 Å². The largest absolute Gasteiger partial charge is 0.312 e. The lowest BCUT2D eigenvalue weighted by atomic mass is 10.0. The molecule has 3 rings (SSSR count). The van der Waals surface area contributed by atoms with Crippen LogP contribution in [0, 0.1) is 18.3 Å². The molecule has 2 aliphatic carbocycles. The SMILES string of the molecule is Cc1ccc(CNCC2(C3CC3)CC2)cc1. The predicted molar refractivity (Wildman–Crippen MR) is 67.3 cm³/mol. The van der Waals surface area contributed by atoms with E-state index < -0.39 is 0 Å². The Labute approximate surface area is 98.3 Å². The van der Waals surface area contributed by atoms with Crippen molar-refractivity contribution >= 4 is 0 Å². The molecule has 0 spiro atoms. The number of rotatable bonds is 5. The van der Waals surface area contributed by atoms with E-state index in [0.29, 0.717) is 0 Å². The minimum Gasteiger partial charge on any atom is -0.312 e. The summed E-state index contributed by atoms with van der Waals surface area (Å²) in [6.07, 6.45) is 5.93. The zero-order chi connectivity index (χ0) is 11.0. The lowest BCUT2D eigenvalue weighted by Gasteiger charge is -2.15. The quantitative estimate of drug-likeness (QED) is 0.795. The van der Waals surface area contributed by atoms with E-state index in [-0.39, 0.29) is 0 Å². The van der Waals surface area contributed by atoms with Crippen LogP contribution in [0.15, 0.2) is 24.3 Å². The van der Waals surface area contributed by atoms with Crippen LogP contribution in [-0.4, -0.2) is 6.54 Å². The molecule has 0 bridgehead atoms. The topological polar surface area (TPSA) is 12.0 Å². The molecule has 86 valence electrons. The molecule has 2 saturated carbocycles. The first-order chi connectivity index (χ1) is 7.78. The van der Waals surface area contributed by atoms with Crippen LogP contribution in [0.2, 0.25) is 0 Å². The van der Waals surface area contributed by atoms with E-state index in [1.807, 2.05) is 0 Å². The van der Waals surface area contributed by atoms with Gasteiger partial charge in [-0.05, 0) is 49.5 Å². The van der Waals surface area contributed by atoms with Crippen molar-refractivity contribution in [3.05, 3.63) is 35.4 Å². The second kappa shape index (κ2) is 3.89. The average molecular weight is 215 g/mol. The lowest BCUT2D eigenvalue weighted by molar-refractivity contribution is 0.403. The van der Waals surface area contributed by atoms with Crippen molar-refractivity contribution in [3.63, 3.8) is 0 Å². The molecule has 0 radical (unpaired) electrons. The molecule has 1 aromatic rings. The van der Waals surface area contributed by atoms with Gasteiger partial charge >= 0.3 is 0 Å². The fourth-order valence-corrected chi connectivity index (χ4v) is 2.75. The first kappa shape index (κ1) is 10.3. The fourth-order valence-electron chi connectivity index (χ4n) is 2.75. The highest BCUT2D eigenvalue weighted by molar-refractivity contribution is 5.21. The van der Waals surface area contributed by atoms with Crippen LogP contribution < -0.4 is 5.32 Å². The first-order valence-corrected chi connectivity index (χ1v) is 6.55. The summed E-state index contributed by atoms with van der Waals surface area (Å²) in [5.74, 6) is 1.07. The fraction of sp³-hybridized carbons (Fsp3) is 0.600. The van der Waals surface area contributed by atoms with Crippen molar-refractivity contribution in [2.45, 2.75) is 39.2 Å². The van der Waals surface area contributed by atoms with Gasteiger partial charge < -0.3 is 5.32 Å². The van der Waals surface area contributed by atoms with E-state index in [4.69, 9.17) is 0 Å². The summed E-state index contributed by atoms with van der Waals surface area (Å²) in [5.41, 5.74) is 3.49. The highest BCUT2D eigenvalue weighted by Crippen LogP contribution is 2.60. The van der Waals surface area contributed by atoms with Crippen molar-refractivity contribution in [1.82, 2.24) is 5.32 Å². The molecule has 1 heteroatoms. The average Bonchev–Trinajstić information content (AvgIpc) is 3.15. The molecule has 2 aliphatic rings. The van der Waals surface area contributed by atoms with Gasteiger partial charge in [-0.2, -0.15) is 0 Å². The maximum Gasteiger partial charge on any atom is 0.0205 e. The molecule has 0 heterocycles. The Morgan fingerprint density at radius 1 is 1.19 bits per heavy atom. The maximum atomic E-state index is 3.65. The zero-order valence-electron chi connectivity index (χ0n) is 10.1. The summed E-state index contributed by atoms with van der Waals surface area (Å²) in [6.45, 7) is 4.42. The predicted octanol–water partition coefficient (Wildman–Crippen LogP) is 3.27. The summed E-state index contributed by atoms with van der Waals surface area (Å²) >= 11 is 0. The highest BCUT2D eigenvalue weighted by atomic mass is 14.9. The van der Waals surface area contributed by atoms with Crippen LogP contribution in [0.25, 0.3) is 0 Å². The zero-order valence-corrected chi connectivity index (χ0v) is 10.1. The van der Waals surface area contributed by atoms with Gasteiger partial charge in [-0.15, -0.1) is 0 Å². The third-order valence-electron chi connectivity index (χ3n) is 4.26. The van der Waals surface area contributed by atoms with Crippen molar-refractivity contribution in [2.24, 2.45) is 11.3 Å². The Morgan fingerprint density at radius 2 is 1.88 bits per heavy atom. The van der Waals surface area contributed by atoms with Crippen LogP contribution in [0.3, 0.4) is 0 Å². The molecule has 16 heavy (non-hydrogen) atoms. The van der Waals surface area contributed by atoms with Crippen molar-refractivity contribution in [3.8, 4) is 0 Å². The first-order valence-electron chi connectivity index (χ1n) is 6.55. The smallest absolute Gasteiger partial charge is 0.0205 e. The Bertz CT molecular complexity index is 358. The van der Waals surface area contributed by atoms with Crippen molar-refractivity contribution in [2.75, 3.05) is 6.54 Å². The van der Waals surface area contributed by atoms with E-state index >= 15 is 0 Å². The Hall–Kier alpha value is -0.820. The van der Waals surface area contributed by atoms with Gasteiger partial charge in [0.1, 0.15) is 0 Å². The van der Waals surface area contributed by atoms with Crippen LogP contribution in [-0.2, 0) is 6.54 Å². The third kappa shape index (κ3) is 2.15. The Balaban J connectivity index is 1.48. The highest BCUT2D eigenvalue weighted by Gasteiger charge is 2.53. The minimum atomic E-state index is 0.727. The van der Waals surface area contributed by atoms with Gasteiger partial charge in [0.25, 0.3) is 0 Å². The summed E-state index contributed by atoms with van der Waals surface area (Å²) in [5, 5.41) is 3.65. The van der Waals surface area contributed by atoms with Gasteiger partial charge in [-0.1, -0.05) is 29.8 Å². The van der Waals surface area contributed by atoms with Gasteiger partial charge in [-0.3, -0.25) is 0 Å². The van der Waals surface area contributed by atoms with Gasteiger partial charge in [-0.25, -0.2) is 0 Å². The van der Waals surface area contributed by atoms with Crippen molar-refractivity contribution in [1.29, 1.82) is 0 Å². The third-order valence-corrected chi connectivity index (χ3v) is 4.26. The van der Waals surface area contributed by atoms with Gasteiger partial charge in [0.05, 0.1) is 0 Å². The van der Waals surface area contributed by atoms with E-state index in [1.54, 1.807) is 0 Å². The lowest BCUT2D eigenvalue weighted by Crippen LogP contribution is -2.24. The molecule has 0 atom stereocenters. The molecule has 1 N–H and O–H groups in total. The number of nitrogens with one attached hydrogen (secondary N) is 1. The molecule has 0 amide bonds. The second-order valence-electron chi connectivity index (χ2n) is 5.73. The van der Waals surface area contributed by atoms with Gasteiger partial charge in [0.2, 0.25) is 0 Å². The van der Waals surface area contributed by atoms with Crippen LogP contribution in [0.5, 0.6) is 0 Å². The number of aryl methyl sites for hydroxylation is 1. The van der Waals surface area contributed by atoms with E-state index in [2.05, 4.69) is 36.5 Å². The molecule has 1 aromatic carbocycles. The number of benzene rings is 1. The molecular weight excluding hydrogens is 194 g/mol. The van der Waals surface area contributed by atoms with Crippen LogP contribution >= 0.6 is 0 Å². The standard InChI is InChI=1S/C15H21N/c1-12-2-4-13(5-3-12)10-16-11-15(8-9-15)14-6-7-14/h2-5,14,16H,6-11H2,1H3. The number of hydrogen-bond acceptors (Lipinski definition) is 1. The molecule has 2 fully saturated rings. The Kier molecular flexibility index (Phi) is 2.51. The van der Waals surface area contributed by atoms with Crippen LogP contribution in [0.1, 0.15) is 36.8 Å². The molecular formula is C15H21N. The summed E-state index contributed by atoms with van der Waals surface area (Å²) in [4.78, 5) is 0. The maximum absolute atomic E-state index is 3.65. The normalized spacial score (nSPS) is 22.1. The molecule has 0 unspecified atom stereocenters. The van der Waals surface area contributed by atoms with E-state index in [0.717, 1.165) is 17.9 Å². The number of hydrogen-bond donors (Lipinski definition) is 1. The van der Waals surface area contributed by atoms with Crippen molar-refractivity contribution < 1.29 is 0 Å². The monoisotopic (exact) mass is 215 g/mol. The second-order valence-corrected chi connectivity index (χ2v) is 5.73. The summed E-state index contributed by atoms with van der Waals surface area (Å²) in [6, 6.07) is 8.87. The molecule has 0 aliphatic heterocycles. The van der Waals surface area contributed by atoms with Crippen LogP contribution in [0.4, 0.5) is 0 Å². The molecule has 0 aromatic heterocycles. The molecule has 0 saturated heterocycles. The molecule has 1 nitrogen and oxygen atoms in total. The van der Waals surface area contributed by atoms with E-state index in [1.165, 1.54) is 43.4 Å². The Morgan fingerprint density at radius 3 is 2.44 bits per heavy atom. The van der Waals surface area contributed by atoms with Gasteiger partial charge in [0.15, 0.2) is 0 Å². The summed E-state index contributed by atoms with van der Waals surface area (Å²) < 4.78 is 0. The van der Waals surface area contributed by atoms with Gasteiger partial charge in [0, 0.05) is 13.1 Å². The minimum absolute atomic E-state index is 0.727. The summed E-state index contributed by atoms with van der Waals surface area (Å²) in [7, 11) is 0.